The standard InChI is InChI=1S/C16H35N3O/c1-5-17-16-14-20-13-15(16)12-19(8-4)11-9-10-18(6-2)7-3/h15-17H,5-14H2,1-4H3. The zero-order valence-electron chi connectivity index (χ0n) is 14.0. The van der Waals surface area contributed by atoms with Crippen LogP contribution < -0.4 is 5.32 Å². The number of hydrogen-bond donors (Lipinski definition) is 1. The largest absolute Gasteiger partial charge is 0.379 e. The van der Waals surface area contributed by atoms with Gasteiger partial charge in [-0.15, -0.1) is 0 Å². The molecule has 1 N–H and O–H groups in total. The van der Waals surface area contributed by atoms with Crippen LogP contribution in [0.1, 0.15) is 34.1 Å². The number of ether oxygens (including phenoxy) is 1. The Bertz CT molecular complexity index is 234. The fourth-order valence-corrected chi connectivity index (χ4v) is 3.03. The van der Waals surface area contributed by atoms with Crippen molar-refractivity contribution in [2.45, 2.75) is 40.2 Å². The van der Waals surface area contributed by atoms with Crippen LogP contribution in [-0.2, 0) is 4.74 Å². The Morgan fingerprint density at radius 3 is 2.20 bits per heavy atom. The van der Waals surface area contributed by atoms with Gasteiger partial charge < -0.3 is 19.9 Å². The van der Waals surface area contributed by atoms with E-state index in [0.717, 1.165) is 26.3 Å². The highest BCUT2D eigenvalue weighted by atomic mass is 16.5. The maximum atomic E-state index is 5.65. The first-order valence-corrected chi connectivity index (χ1v) is 8.50. The second-order valence-corrected chi connectivity index (χ2v) is 5.74. The molecule has 1 aliphatic heterocycles. The molecule has 2 atom stereocenters. The zero-order chi connectivity index (χ0) is 14.8. The quantitative estimate of drug-likeness (QED) is 0.625. The Labute approximate surface area is 125 Å². The highest BCUT2D eigenvalue weighted by molar-refractivity contribution is 4.83. The van der Waals surface area contributed by atoms with Crippen LogP contribution in [0.4, 0.5) is 0 Å². The van der Waals surface area contributed by atoms with E-state index in [1.807, 2.05) is 0 Å². The van der Waals surface area contributed by atoms with Crippen LogP contribution in [0, 0.1) is 5.92 Å². The van der Waals surface area contributed by atoms with Crippen molar-refractivity contribution in [2.24, 2.45) is 5.92 Å². The molecule has 4 nitrogen and oxygen atoms in total. The topological polar surface area (TPSA) is 27.7 Å². The summed E-state index contributed by atoms with van der Waals surface area (Å²) in [7, 11) is 0. The van der Waals surface area contributed by atoms with E-state index in [9.17, 15) is 0 Å². The van der Waals surface area contributed by atoms with Crippen LogP contribution in [0.25, 0.3) is 0 Å². The van der Waals surface area contributed by atoms with Gasteiger partial charge in [0.05, 0.1) is 13.2 Å². The summed E-state index contributed by atoms with van der Waals surface area (Å²) in [6.07, 6.45) is 1.27. The van der Waals surface area contributed by atoms with Crippen LogP contribution in [0.3, 0.4) is 0 Å². The summed E-state index contributed by atoms with van der Waals surface area (Å²) in [4.78, 5) is 5.10. The first-order chi connectivity index (χ1) is 9.74. The van der Waals surface area contributed by atoms with E-state index in [0.29, 0.717) is 12.0 Å². The van der Waals surface area contributed by atoms with Gasteiger partial charge in [0, 0.05) is 18.5 Å². The van der Waals surface area contributed by atoms with E-state index in [4.69, 9.17) is 4.74 Å². The molecule has 0 radical (unpaired) electrons. The Morgan fingerprint density at radius 2 is 1.60 bits per heavy atom. The van der Waals surface area contributed by atoms with Gasteiger partial charge in [0.1, 0.15) is 0 Å². The lowest BCUT2D eigenvalue weighted by Gasteiger charge is -2.28. The van der Waals surface area contributed by atoms with Gasteiger partial charge in [0.25, 0.3) is 0 Å². The number of hydrogen-bond acceptors (Lipinski definition) is 4. The molecule has 1 saturated heterocycles. The molecule has 0 saturated carbocycles. The molecule has 0 aromatic carbocycles. The van der Waals surface area contributed by atoms with Gasteiger partial charge in [0.2, 0.25) is 0 Å². The molecule has 0 aromatic heterocycles. The van der Waals surface area contributed by atoms with Crippen molar-refractivity contribution < 1.29 is 4.74 Å². The summed E-state index contributed by atoms with van der Waals surface area (Å²) >= 11 is 0. The Balaban J connectivity index is 2.27. The molecule has 0 aromatic rings. The summed E-state index contributed by atoms with van der Waals surface area (Å²) in [5.41, 5.74) is 0. The second kappa shape index (κ2) is 10.6. The number of nitrogens with one attached hydrogen (secondary N) is 1. The van der Waals surface area contributed by atoms with Crippen LogP contribution in [0.5, 0.6) is 0 Å². The molecule has 1 heterocycles. The summed E-state index contributed by atoms with van der Waals surface area (Å²) in [5, 5.41) is 3.56. The SMILES string of the molecule is CCNC1COCC1CN(CC)CCCN(CC)CC. The van der Waals surface area contributed by atoms with E-state index in [1.165, 1.54) is 39.1 Å². The van der Waals surface area contributed by atoms with E-state index in [-0.39, 0.29) is 0 Å². The van der Waals surface area contributed by atoms with Crippen LogP contribution in [0.15, 0.2) is 0 Å². The minimum atomic E-state index is 0.553. The monoisotopic (exact) mass is 285 g/mol. The number of rotatable bonds is 11. The van der Waals surface area contributed by atoms with Crippen molar-refractivity contribution in [1.29, 1.82) is 0 Å². The summed E-state index contributed by atoms with van der Waals surface area (Å²) in [5.74, 6) is 0.656. The van der Waals surface area contributed by atoms with Crippen molar-refractivity contribution in [2.75, 3.05) is 59.0 Å². The van der Waals surface area contributed by atoms with Crippen molar-refractivity contribution in [3.05, 3.63) is 0 Å². The fraction of sp³-hybridized carbons (Fsp3) is 1.00. The van der Waals surface area contributed by atoms with Gasteiger partial charge in [-0.25, -0.2) is 0 Å². The van der Waals surface area contributed by atoms with Crippen molar-refractivity contribution in [3.8, 4) is 0 Å². The first kappa shape index (κ1) is 17.9. The Hall–Kier alpha value is -0.160. The second-order valence-electron chi connectivity index (χ2n) is 5.74. The third kappa shape index (κ3) is 6.08. The molecular weight excluding hydrogens is 250 g/mol. The summed E-state index contributed by atoms with van der Waals surface area (Å²) < 4.78 is 5.65. The number of likely N-dealkylation sites (N-methyl/N-ethyl adjacent to an activating group) is 1. The molecule has 120 valence electrons. The van der Waals surface area contributed by atoms with E-state index in [1.54, 1.807) is 0 Å². The van der Waals surface area contributed by atoms with E-state index >= 15 is 0 Å². The summed E-state index contributed by atoms with van der Waals surface area (Å²) in [6, 6.07) is 0.553. The van der Waals surface area contributed by atoms with Gasteiger partial charge >= 0.3 is 0 Å². The van der Waals surface area contributed by atoms with Crippen LogP contribution >= 0.6 is 0 Å². The highest BCUT2D eigenvalue weighted by Gasteiger charge is 2.28. The molecule has 0 aliphatic carbocycles. The fourth-order valence-electron chi connectivity index (χ4n) is 3.03. The van der Waals surface area contributed by atoms with E-state index in [2.05, 4.69) is 42.8 Å². The molecule has 1 aliphatic rings. The molecule has 2 unspecified atom stereocenters. The normalized spacial score (nSPS) is 23.1. The van der Waals surface area contributed by atoms with Crippen molar-refractivity contribution in [1.82, 2.24) is 15.1 Å². The van der Waals surface area contributed by atoms with Crippen molar-refractivity contribution in [3.63, 3.8) is 0 Å². The van der Waals surface area contributed by atoms with Gasteiger partial charge in [0.15, 0.2) is 0 Å². The van der Waals surface area contributed by atoms with Gasteiger partial charge in [-0.05, 0) is 45.7 Å². The predicted octanol–water partition coefficient (Wildman–Crippen LogP) is 1.66. The lowest BCUT2D eigenvalue weighted by Crippen LogP contribution is -2.42. The molecular formula is C16H35N3O. The maximum absolute atomic E-state index is 5.65. The van der Waals surface area contributed by atoms with Crippen LogP contribution in [-0.4, -0.2) is 74.9 Å². The van der Waals surface area contributed by atoms with E-state index < -0.39 is 0 Å². The third-order valence-corrected chi connectivity index (χ3v) is 4.45. The number of nitrogens with zero attached hydrogens (tertiary/aromatic N) is 2. The summed E-state index contributed by atoms with van der Waals surface area (Å²) in [6.45, 7) is 18.9. The molecule has 1 rings (SSSR count). The molecule has 0 spiro atoms. The Kier molecular flexibility index (Phi) is 9.44. The molecule has 4 heteroatoms. The lowest BCUT2D eigenvalue weighted by molar-refractivity contribution is 0.166. The first-order valence-electron chi connectivity index (χ1n) is 8.50. The average molecular weight is 285 g/mol. The lowest BCUT2D eigenvalue weighted by atomic mass is 10.0. The zero-order valence-corrected chi connectivity index (χ0v) is 14.0. The minimum Gasteiger partial charge on any atom is -0.379 e. The third-order valence-electron chi connectivity index (χ3n) is 4.45. The molecule has 0 bridgehead atoms. The molecule has 0 amide bonds. The minimum absolute atomic E-state index is 0.553. The van der Waals surface area contributed by atoms with Gasteiger partial charge in [-0.3, -0.25) is 0 Å². The predicted molar refractivity (Wildman–Crippen MR) is 86.3 cm³/mol. The van der Waals surface area contributed by atoms with Gasteiger partial charge in [-0.2, -0.15) is 0 Å². The Morgan fingerprint density at radius 1 is 0.950 bits per heavy atom. The average Bonchev–Trinajstić information content (AvgIpc) is 2.90. The van der Waals surface area contributed by atoms with Gasteiger partial charge in [-0.1, -0.05) is 27.7 Å². The molecule has 1 fully saturated rings. The van der Waals surface area contributed by atoms with Crippen molar-refractivity contribution >= 4 is 0 Å². The highest BCUT2D eigenvalue weighted by Crippen LogP contribution is 2.15. The maximum Gasteiger partial charge on any atom is 0.0623 e. The smallest absolute Gasteiger partial charge is 0.0623 e. The van der Waals surface area contributed by atoms with Crippen LogP contribution in [0.2, 0.25) is 0 Å². The molecule has 20 heavy (non-hydrogen) atoms.